The van der Waals surface area contributed by atoms with Crippen LogP contribution in [0.2, 0.25) is 0 Å². The summed E-state index contributed by atoms with van der Waals surface area (Å²) < 4.78 is 9.93. The lowest BCUT2D eigenvalue weighted by molar-refractivity contribution is 0.0664. The van der Waals surface area contributed by atoms with Crippen LogP contribution in [0, 0.1) is 5.92 Å². The van der Waals surface area contributed by atoms with E-state index in [9.17, 15) is 9.59 Å². The fraction of sp³-hybridized carbons (Fsp3) is 0.342. The van der Waals surface area contributed by atoms with Crippen LogP contribution in [0.4, 0.5) is 4.79 Å². The number of piperazine rings is 1. The van der Waals surface area contributed by atoms with Crippen LogP contribution in [-0.4, -0.2) is 87.1 Å². The van der Waals surface area contributed by atoms with Crippen LogP contribution in [0.3, 0.4) is 0 Å². The van der Waals surface area contributed by atoms with Crippen LogP contribution in [0.5, 0.6) is 0 Å². The van der Waals surface area contributed by atoms with Crippen molar-refractivity contribution in [3.05, 3.63) is 115 Å². The number of fused-ring (bicyclic) bond motifs is 1. The third-order valence-electron chi connectivity index (χ3n) is 9.66. The van der Waals surface area contributed by atoms with E-state index in [0.717, 1.165) is 84.3 Å². The number of carbonyl (C=O) groups excluding carboxylic acids is 2. The first-order chi connectivity index (χ1) is 23.0. The van der Waals surface area contributed by atoms with Crippen LogP contribution >= 0.6 is 0 Å². The van der Waals surface area contributed by atoms with Crippen LogP contribution in [0.15, 0.2) is 97.7 Å². The minimum atomic E-state index is -0.243. The first-order valence-electron chi connectivity index (χ1n) is 16.6. The van der Waals surface area contributed by atoms with Crippen LogP contribution in [-0.2, 0) is 24.4 Å². The van der Waals surface area contributed by atoms with Crippen LogP contribution in [0.1, 0.15) is 34.5 Å². The molecule has 0 saturated carbocycles. The third kappa shape index (κ3) is 6.95. The molecule has 0 atom stereocenters. The van der Waals surface area contributed by atoms with Gasteiger partial charge in [-0.1, -0.05) is 72.8 Å². The number of likely N-dealkylation sites (tertiary alicyclic amines) is 1. The molecule has 2 amide bonds. The van der Waals surface area contributed by atoms with Gasteiger partial charge in [-0.3, -0.25) is 4.79 Å². The van der Waals surface area contributed by atoms with Crippen molar-refractivity contribution in [3.8, 4) is 11.1 Å². The van der Waals surface area contributed by atoms with Crippen molar-refractivity contribution >= 4 is 22.8 Å². The molecule has 0 unspecified atom stereocenters. The number of piperidine rings is 1. The molecule has 0 aliphatic carbocycles. The highest BCUT2D eigenvalue weighted by Crippen LogP contribution is 2.33. The molecule has 0 radical (unpaired) electrons. The van der Waals surface area contributed by atoms with Gasteiger partial charge in [0.2, 0.25) is 0 Å². The molecule has 0 bridgehead atoms. The number of amides is 2. The summed E-state index contributed by atoms with van der Waals surface area (Å²) in [5.41, 5.74) is 4.85. The average Bonchev–Trinajstić information content (AvgIpc) is 3.74. The largest absolute Gasteiger partial charge is 0.445 e. The Hall–Kier alpha value is -4.89. The zero-order chi connectivity index (χ0) is 32.2. The maximum absolute atomic E-state index is 14.0. The number of aromatic nitrogens is 3. The Morgan fingerprint density at radius 1 is 0.809 bits per heavy atom. The van der Waals surface area contributed by atoms with Gasteiger partial charge in [0.05, 0.1) is 24.1 Å². The van der Waals surface area contributed by atoms with Gasteiger partial charge in [0.15, 0.2) is 0 Å². The van der Waals surface area contributed by atoms with E-state index in [4.69, 9.17) is 4.74 Å². The van der Waals surface area contributed by atoms with E-state index in [1.165, 1.54) is 0 Å². The van der Waals surface area contributed by atoms with E-state index in [2.05, 4.69) is 74.7 Å². The Balaban J connectivity index is 1.05. The van der Waals surface area contributed by atoms with Crippen molar-refractivity contribution in [1.29, 1.82) is 0 Å². The monoisotopic (exact) mass is 630 g/mol. The highest BCUT2D eigenvalue weighted by atomic mass is 16.6. The molecule has 2 fully saturated rings. The van der Waals surface area contributed by atoms with Gasteiger partial charge in [0.25, 0.3) is 5.91 Å². The lowest BCUT2D eigenvalue weighted by Gasteiger charge is -2.32. The number of carbonyl (C=O) groups is 2. The van der Waals surface area contributed by atoms with E-state index in [1.54, 1.807) is 0 Å². The number of rotatable bonds is 8. The molecule has 0 spiro atoms. The zero-order valence-electron chi connectivity index (χ0n) is 27.0. The lowest BCUT2D eigenvalue weighted by Crippen LogP contribution is -2.47. The highest BCUT2D eigenvalue weighted by Gasteiger charge is 2.27. The summed E-state index contributed by atoms with van der Waals surface area (Å²) in [7, 11) is 2.10. The standard InChI is InChI=1S/C38H42N6O3/c1-40-18-20-42(21-19-40)37(45)36-26-41(25-35(36)34-13-7-11-31-10-5-6-12-33(31)34)24-32-22-39-28-44(32)23-29-14-16-43(17-15-29)38(46)47-27-30-8-3-2-4-9-30/h2-13,22,25-26,28-29H,14-21,23-24,27H2,1H3. The minimum Gasteiger partial charge on any atom is -0.445 e. The summed E-state index contributed by atoms with van der Waals surface area (Å²) in [5, 5.41) is 2.30. The highest BCUT2D eigenvalue weighted by molar-refractivity contribution is 6.06. The first kappa shape index (κ1) is 30.7. The Kier molecular flexibility index (Phi) is 9.06. The fourth-order valence-corrected chi connectivity index (χ4v) is 6.84. The van der Waals surface area contributed by atoms with Gasteiger partial charge in [-0.05, 0) is 47.7 Å². The zero-order valence-corrected chi connectivity index (χ0v) is 27.0. The molecule has 242 valence electrons. The molecule has 2 aromatic heterocycles. The summed E-state index contributed by atoms with van der Waals surface area (Å²) in [5.74, 6) is 0.522. The SMILES string of the molecule is CN1CCN(C(=O)c2cn(Cc3cncn3CC3CCN(C(=O)OCc4ccccc4)CC3)cc2-c2cccc3ccccc23)CC1. The Bertz CT molecular complexity index is 1830. The fourth-order valence-electron chi connectivity index (χ4n) is 6.84. The number of likely N-dealkylation sites (N-methyl/N-ethyl adjacent to an activating group) is 1. The number of ether oxygens (including phenoxy) is 1. The van der Waals surface area contributed by atoms with Gasteiger partial charge >= 0.3 is 6.09 Å². The molecule has 3 aromatic carbocycles. The lowest BCUT2D eigenvalue weighted by atomic mass is 9.97. The number of imidazole rings is 1. The third-order valence-corrected chi connectivity index (χ3v) is 9.66. The van der Waals surface area contributed by atoms with E-state index < -0.39 is 0 Å². The normalized spacial score (nSPS) is 16.1. The number of nitrogens with zero attached hydrogens (tertiary/aromatic N) is 6. The second kappa shape index (κ2) is 13.8. The van der Waals surface area contributed by atoms with Crippen molar-refractivity contribution in [2.24, 2.45) is 5.92 Å². The van der Waals surface area contributed by atoms with Crippen LogP contribution in [0.25, 0.3) is 21.9 Å². The Morgan fingerprint density at radius 2 is 1.55 bits per heavy atom. The molecule has 47 heavy (non-hydrogen) atoms. The molecular formula is C38H42N6O3. The van der Waals surface area contributed by atoms with Crippen molar-refractivity contribution in [1.82, 2.24) is 28.8 Å². The van der Waals surface area contributed by atoms with Gasteiger partial charge in [0, 0.05) is 70.0 Å². The molecule has 9 nitrogen and oxygen atoms in total. The molecule has 5 aromatic rings. The second-order valence-corrected chi connectivity index (χ2v) is 12.9. The van der Waals surface area contributed by atoms with Crippen molar-refractivity contribution in [2.75, 3.05) is 46.3 Å². The van der Waals surface area contributed by atoms with E-state index in [1.807, 2.05) is 58.9 Å². The smallest absolute Gasteiger partial charge is 0.410 e. The van der Waals surface area contributed by atoms with Crippen molar-refractivity contribution < 1.29 is 14.3 Å². The van der Waals surface area contributed by atoms with Crippen LogP contribution < -0.4 is 0 Å². The number of benzene rings is 3. The maximum Gasteiger partial charge on any atom is 0.410 e. The predicted molar refractivity (Wildman–Crippen MR) is 183 cm³/mol. The van der Waals surface area contributed by atoms with Gasteiger partial charge < -0.3 is 28.6 Å². The van der Waals surface area contributed by atoms with Gasteiger partial charge in [-0.2, -0.15) is 0 Å². The van der Waals surface area contributed by atoms with Gasteiger partial charge in [-0.25, -0.2) is 9.78 Å². The minimum absolute atomic E-state index is 0.0855. The predicted octanol–water partition coefficient (Wildman–Crippen LogP) is 5.99. The molecular weight excluding hydrogens is 588 g/mol. The average molecular weight is 631 g/mol. The molecule has 9 heteroatoms. The van der Waals surface area contributed by atoms with Gasteiger partial charge in [-0.15, -0.1) is 0 Å². The van der Waals surface area contributed by atoms with Gasteiger partial charge in [0.1, 0.15) is 6.61 Å². The summed E-state index contributed by atoms with van der Waals surface area (Å²) in [6, 6.07) is 24.5. The summed E-state index contributed by atoms with van der Waals surface area (Å²) in [6.45, 7) is 6.33. The maximum atomic E-state index is 14.0. The second-order valence-electron chi connectivity index (χ2n) is 12.9. The molecule has 2 aliphatic rings. The molecule has 2 saturated heterocycles. The summed E-state index contributed by atoms with van der Waals surface area (Å²) in [4.78, 5) is 37.3. The number of hydrogen-bond acceptors (Lipinski definition) is 5. The summed E-state index contributed by atoms with van der Waals surface area (Å²) >= 11 is 0. The Labute approximate surface area is 276 Å². The van der Waals surface area contributed by atoms with Crippen molar-refractivity contribution in [2.45, 2.75) is 32.5 Å². The molecule has 7 rings (SSSR count). The topological polar surface area (TPSA) is 75.8 Å². The summed E-state index contributed by atoms with van der Waals surface area (Å²) in [6.07, 6.45) is 9.56. The first-order valence-corrected chi connectivity index (χ1v) is 16.6. The quantitative estimate of drug-likeness (QED) is 0.211. The van der Waals surface area contributed by atoms with Crippen molar-refractivity contribution in [3.63, 3.8) is 0 Å². The van der Waals surface area contributed by atoms with E-state index >= 15 is 0 Å². The molecule has 2 aliphatic heterocycles. The molecule has 0 N–H and O–H groups in total. The van der Waals surface area contributed by atoms with E-state index in [-0.39, 0.29) is 12.0 Å². The van der Waals surface area contributed by atoms with E-state index in [0.29, 0.717) is 32.2 Å². The number of hydrogen-bond donors (Lipinski definition) is 0. The molecule has 4 heterocycles. The Morgan fingerprint density at radius 3 is 2.36 bits per heavy atom.